The van der Waals surface area contributed by atoms with Gasteiger partial charge in [0.15, 0.2) is 0 Å². The molecule has 1 fully saturated rings. The fourth-order valence-corrected chi connectivity index (χ4v) is 3.24. The van der Waals surface area contributed by atoms with Crippen molar-refractivity contribution in [2.75, 3.05) is 13.7 Å². The zero-order chi connectivity index (χ0) is 17.7. The fourth-order valence-electron chi connectivity index (χ4n) is 3.24. The number of hydrogen-bond donors (Lipinski definition) is 2. The Balaban J connectivity index is 1.98. The smallest absolute Gasteiger partial charge is 0.251 e. The van der Waals surface area contributed by atoms with Crippen molar-refractivity contribution in [1.29, 1.82) is 0 Å². The minimum absolute atomic E-state index is 0.0149. The maximum Gasteiger partial charge on any atom is 0.251 e. The Labute approximate surface area is 144 Å². The molecule has 24 heavy (non-hydrogen) atoms. The Kier molecular flexibility index (Phi) is 5.99. The topological polar surface area (TPSA) is 69.6 Å². The summed E-state index contributed by atoms with van der Waals surface area (Å²) in [5.41, 5.74) is 1.11. The third-order valence-electron chi connectivity index (χ3n) is 4.75. The maximum atomic E-state index is 12.4. The second-order valence-electron chi connectivity index (χ2n) is 7.15. The highest BCUT2D eigenvalue weighted by Gasteiger charge is 2.34. The van der Waals surface area contributed by atoms with Gasteiger partial charge < -0.3 is 15.3 Å². The van der Waals surface area contributed by atoms with E-state index in [4.69, 9.17) is 0 Å². The average Bonchev–Trinajstić information content (AvgIpc) is 3.03. The predicted octanol–water partition coefficient (Wildman–Crippen LogP) is 2.34. The van der Waals surface area contributed by atoms with Crippen LogP contribution in [0.15, 0.2) is 24.3 Å². The van der Waals surface area contributed by atoms with Crippen LogP contribution in [0.4, 0.5) is 0 Å². The molecule has 1 aromatic rings. The molecule has 0 atom stereocenters. The molecule has 0 unspecified atom stereocenters. The number of rotatable bonds is 6. The Hall–Kier alpha value is -1.88. The Morgan fingerprint density at radius 2 is 1.79 bits per heavy atom. The predicted molar refractivity (Wildman–Crippen MR) is 93.5 cm³/mol. The van der Waals surface area contributed by atoms with Crippen LogP contribution in [0, 0.1) is 5.92 Å². The van der Waals surface area contributed by atoms with Gasteiger partial charge in [0.2, 0.25) is 5.91 Å². The number of hydrogen-bond acceptors (Lipinski definition) is 3. The maximum absolute atomic E-state index is 12.4. The van der Waals surface area contributed by atoms with Crippen molar-refractivity contribution in [3.05, 3.63) is 35.4 Å². The minimum atomic E-state index is -0.459. The van der Waals surface area contributed by atoms with Crippen LogP contribution in [0.25, 0.3) is 0 Å². The number of aliphatic hydroxyl groups is 1. The number of carbonyl (C=O) groups excluding carboxylic acids is 2. The van der Waals surface area contributed by atoms with Gasteiger partial charge in [0.1, 0.15) is 0 Å². The van der Waals surface area contributed by atoms with E-state index in [9.17, 15) is 14.7 Å². The van der Waals surface area contributed by atoms with Crippen LogP contribution in [0.5, 0.6) is 0 Å². The quantitative estimate of drug-likeness (QED) is 0.840. The van der Waals surface area contributed by atoms with Crippen LogP contribution in [-0.2, 0) is 11.3 Å². The lowest BCUT2D eigenvalue weighted by atomic mass is 9.98. The molecule has 0 heterocycles. The summed E-state index contributed by atoms with van der Waals surface area (Å²) in [6, 6.07) is 7.30. The second kappa shape index (κ2) is 7.79. The van der Waals surface area contributed by atoms with E-state index in [0.717, 1.165) is 31.2 Å². The van der Waals surface area contributed by atoms with E-state index in [0.29, 0.717) is 12.1 Å². The summed E-state index contributed by atoms with van der Waals surface area (Å²) in [5.74, 6) is -0.0758. The van der Waals surface area contributed by atoms with Crippen molar-refractivity contribution in [1.82, 2.24) is 10.2 Å². The summed E-state index contributed by atoms with van der Waals surface area (Å²) in [6.07, 6.45) is 3.73. The van der Waals surface area contributed by atoms with Gasteiger partial charge >= 0.3 is 0 Å². The number of benzene rings is 1. The van der Waals surface area contributed by atoms with E-state index < -0.39 is 5.54 Å². The molecule has 2 amide bonds. The molecule has 0 saturated heterocycles. The Bertz CT molecular complexity index is 575. The van der Waals surface area contributed by atoms with Gasteiger partial charge in [-0.25, -0.2) is 0 Å². The van der Waals surface area contributed by atoms with Gasteiger partial charge in [0.25, 0.3) is 5.91 Å². The van der Waals surface area contributed by atoms with Gasteiger partial charge in [0.05, 0.1) is 12.1 Å². The first-order chi connectivity index (χ1) is 11.4. The monoisotopic (exact) mass is 332 g/mol. The Morgan fingerprint density at radius 3 is 2.29 bits per heavy atom. The standard InChI is InChI=1S/C19H28N2O3/c1-14(2)18(24)21(3)12-15-6-8-16(9-7-15)17(23)20-19(13-22)10-4-5-11-19/h6-9,14,22H,4-5,10-13H2,1-3H3,(H,20,23). The van der Waals surface area contributed by atoms with E-state index in [-0.39, 0.29) is 24.3 Å². The van der Waals surface area contributed by atoms with Crippen LogP contribution < -0.4 is 5.32 Å². The molecule has 0 bridgehead atoms. The lowest BCUT2D eigenvalue weighted by molar-refractivity contribution is -0.133. The minimum Gasteiger partial charge on any atom is -0.394 e. The lowest BCUT2D eigenvalue weighted by Gasteiger charge is -2.28. The third-order valence-corrected chi connectivity index (χ3v) is 4.75. The summed E-state index contributed by atoms with van der Waals surface area (Å²) < 4.78 is 0. The molecule has 0 radical (unpaired) electrons. The lowest BCUT2D eigenvalue weighted by Crippen LogP contribution is -2.49. The summed E-state index contributed by atoms with van der Waals surface area (Å²) >= 11 is 0. The van der Waals surface area contributed by atoms with Crippen molar-refractivity contribution < 1.29 is 14.7 Å². The van der Waals surface area contributed by atoms with Gasteiger partial charge in [-0.1, -0.05) is 38.8 Å². The fraction of sp³-hybridized carbons (Fsp3) is 0.579. The van der Waals surface area contributed by atoms with Gasteiger partial charge in [-0.15, -0.1) is 0 Å². The SMILES string of the molecule is CC(C)C(=O)N(C)Cc1ccc(C(=O)NC2(CO)CCCC2)cc1. The van der Waals surface area contributed by atoms with Crippen LogP contribution in [0.3, 0.4) is 0 Å². The number of carbonyl (C=O) groups is 2. The first-order valence-electron chi connectivity index (χ1n) is 8.64. The highest BCUT2D eigenvalue weighted by atomic mass is 16.3. The molecule has 1 aliphatic rings. The van der Waals surface area contributed by atoms with E-state index in [1.54, 1.807) is 24.1 Å². The molecule has 0 aromatic heterocycles. The van der Waals surface area contributed by atoms with Crippen LogP contribution >= 0.6 is 0 Å². The highest BCUT2D eigenvalue weighted by molar-refractivity contribution is 5.94. The molecule has 1 aliphatic carbocycles. The number of amides is 2. The molecule has 5 heteroatoms. The normalized spacial score (nSPS) is 16.2. The van der Waals surface area contributed by atoms with Gasteiger partial charge in [-0.05, 0) is 30.5 Å². The highest BCUT2D eigenvalue weighted by Crippen LogP contribution is 2.29. The molecule has 5 nitrogen and oxygen atoms in total. The molecule has 1 saturated carbocycles. The summed E-state index contributed by atoms with van der Waals surface area (Å²) in [4.78, 5) is 26.0. The van der Waals surface area contributed by atoms with Gasteiger partial charge in [-0.2, -0.15) is 0 Å². The zero-order valence-corrected chi connectivity index (χ0v) is 14.8. The van der Waals surface area contributed by atoms with E-state index in [1.165, 1.54) is 0 Å². The second-order valence-corrected chi connectivity index (χ2v) is 7.15. The van der Waals surface area contributed by atoms with E-state index in [1.807, 2.05) is 26.0 Å². The first kappa shape index (κ1) is 18.5. The van der Waals surface area contributed by atoms with Gasteiger partial charge in [-0.3, -0.25) is 9.59 Å². The molecule has 132 valence electrons. The van der Waals surface area contributed by atoms with Crippen molar-refractivity contribution in [2.24, 2.45) is 5.92 Å². The van der Waals surface area contributed by atoms with Crippen molar-refractivity contribution >= 4 is 11.8 Å². The molecular weight excluding hydrogens is 304 g/mol. The van der Waals surface area contributed by atoms with Crippen LogP contribution in [0.1, 0.15) is 55.5 Å². The van der Waals surface area contributed by atoms with E-state index in [2.05, 4.69) is 5.32 Å². The Morgan fingerprint density at radius 1 is 1.21 bits per heavy atom. The summed E-state index contributed by atoms with van der Waals surface area (Å²) in [6.45, 7) is 4.27. The van der Waals surface area contributed by atoms with E-state index >= 15 is 0 Å². The number of nitrogens with one attached hydrogen (secondary N) is 1. The van der Waals surface area contributed by atoms with Gasteiger partial charge in [0, 0.05) is 25.1 Å². The van der Waals surface area contributed by atoms with Crippen molar-refractivity contribution in [3.8, 4) is 0 Å². The zero-order valence-electron chi connectivity index (χ0n) is 14.8. The molecule has 0 spiro atoms. The summed E-state index contributed by atoms with van der Waals surface area (Å²) in [5, 5.41) is 12.6. The summed E-state index contributed by atoms with van der Waals surface area (Å²) in [7, 11) is 1.79. The third kappa shape index (κ3) is 4.35. The average molecular weight is 332 g/mol. The molecule has 2 rings (SSSR count). The largest absolute Gasteiger partial charge is 0.394 e. The molecular formula is C19H28N2O3. The van der Waals surface area contributed by atoms with Crippen LogP contribution in [-0.4, -0.2) is 41.0 Å². The molecule has 0 aliphatic heterocycles. The number of aliphatic hydroxyl groups excluding tert-OH is 1. The number of nitrogens with zero attached hydrogens (tertiary/aromatic N) is 1. The first-order valence-corrected chi connectivity index (χ1v) is 8.64. The van der Waals surface area contributed by atoms with Crippen molar-refractivity contribution in [3.63, 3.8) is 0 Å². The van der Waals surface area contributed by atoms with Crippen LogP contribution in [0.2, 0.25) is 0 Å². The van der Waals surface area contributed by atoms with Crippen molar-refractivity contribution in [2.45, 2.75) is 51.6 Å². The molecule has 1 aromatic carbocycles. The molecule has 2 N–H and O–H groups in total.